The number of halogens is 2. The minimum Gasteiger partial charge on any atom is -0.506 e. The molecule has 0 spiro atoms. The van der Waals surface area contributed by atoms with Crippen LogP contribution >= 0.6 is 31.9 Å². The van der Waals surface area contributed by atoms with Crippen LogP contribution in [0.3, 0.4) is 0 Å². The van der Waals surface area contributed by atoms with Crippen LogP contribution in [-0.2, 0) is 6.42 Å². The van der Waals surface area contributed by atoms with Gasteiger partial charge in [-0.05, 0) is 28.1 Å². The highest BCUT2D eigenvalue weighted by atomic mass is 79.9. The van der Waals surface area contributed by atoms with Gasteiger partial charge < -0.3 is 5.11 Å². The van der Waals surface area contributed by atoms with Gasteiger partial charge in [-0.1, -0.05) is 15.9 Å². The van der Waals surface area contributed by atoms with E-state index < -0.39 is 4.92 Å². The Morgan fingerprint density at radius 1 is 1.43 bits per heavy atom. The van der Waals surface area contributed by atoms with E-state index in [9.17, 15) is 15.2 Å². The summed E-state index contributed by atoms with van der Waals surface area (Å²) in [6.45, 7) is -0.184. The molecule has 4 nitrogen and oxygen atoms in total. The maximum absolute atomic E-state index is 10.2. The molecular weight excluding hydrogens is 318 g/mol. The molecule has 0 bridgehead atoms. The van der Waals surface area contributed by atoms with Gasteiger partial charge in [0.1, 0.15) is 5.75 Å². The Morgan fingerprint density at radius 3 is 2.64 bits per heavy atom. The van der Waals surface area contributed by atoms with Crippen LogP contribution in [0.4, 0.5) is 0 Å². The Bertz CT molecular complexity index is 368. The summed E-state index contributed by atoms with van der Waals surface area (Å²) in [4.78, 5) is 9.75. The number of benzene rings is 1. The van der Waals surface area contributed by atoms with Crippen molar-refractivity contribution >= 4 is 31.9 Å². The van der Waals surface area contributed by atoms with E-state index in [2.05, 4.69) is 31.9 Å². The fraction of sp³-hybridized carbons (Fsp3) is 0.250. The summed E-state index contributed by atoms with van der Waals surface area (Å²) in [6.07, 6.45) is 0.219. The second-order valence-corrected chi connectivity index (χ2v) is 4.47. The van der Waals surface area contributed by atoms with E-state index in [0.717, 1.165) is 4.47 Å². The fourth-order valence-electron chi connectivity index (χ4n) is 1.02. The van der Waals surface area contributed by atoms with E-state index in [-0.39, 0.29) is 18.7 Å². The highest BCUT2D eigenvalue weighted by molar-refractivity contribution is 9.11. The van der Waals surface area contributed by atoms with Crippen molar-refractivity contribution in [2.45, 2.75) is 6.42 Å². The van der Waals surface area contributed by atoms with Crippen molar-refractivity contribution in [3.63, 3.8) is 0 Å². The smallest absolute Gasteiger partial charge is 0.208 e. The van der Waals surface area contributed by atoms with Crippen molar-refractivity contribution in [3.8, 4) is 5.75 Å². The van der Waals surface area contributed by atoms with Crippen LogP contribution in [0.5, 0.6) is 5.75 Å². The molecule has 0 aromatic heterocycles. The van der Waals surface area contributed by atoms with Crippen molar-refractivity contribution in [1.29, 1.82) is 0 Å². The zero-order chi connectivity index (χ0) is 10.7. The van der Waals surface area contributed by atoms with Gasteiger partial charge in [0.05, 0.1) is 4.47 Å². The second-order valence-electron chi connectivity index (χ2n) is 2.70. The summed E-state index contributed by atoms with van der Waals surface area (Å²) in [7, 11) is 0. The summed E-state index contributed by atoms with van der Waals surface area (Å²) in [5, 5.41) is 19.7. The summed E-state index contributed by atoms with van der Waals surface area (Å²) >= 11 is 6.40. The van der Waals surface area contributed by atoms with Gasteiger partial charge in [0.15, 0.2) is 0 Å². The molecular formula is C8H7Br2NO3. The molecule has 6 heteroatoms. The largest absolute Gasteiger partial charge is 0.506 e. The fourth-order valence-corrected chi connectivity index (χ4v) is 2.34. The van der Waals surface area contributed by atoms with Gasteiger partial charge in [-0.15, -0.1) is 0 Å². The van der Waals surface area contributed by atoms with Gasteiger partial charge in [0.25, 0.3) is 0 Å². The number of hydrogen-bond donors (Lipinski definition) is 1. The Kier molecular flexibility index (Phi) is 3.88. The summed E-state index contributed by atoms with van der Waals surface area (Å²) in [6, 6.07) is 3.36. The molecule has 1 aromatic carbocycles. The van der Waals surface area contributed by atoms with Crippen LogP contribution in [0.1, 0.15) is 5.56 Å². The van der Waals surface area contributed by atoms with Crippen LogP contribution in [-0.4, -0.2) is 16.6 Å². The average molecular weight is 325 g/mol. The molecule has 76 valence electrons. The predicted molar refractivity (Wildman–Crippen MR) is 59.1 cm³/mol. The first-order valence-corrected chi connectivity index (χ1v) is 5.38. The second kappa shape index (κ2) is 4.75. The SMILES string of the molecule is O=[N+]([O-])CCc1cc(Br)cc(Br)c1O. The maximum atomic E-state index is 10.2. The molecule has 0 radical (unpaired) electrons. The molecule has 1 aromatic rings. The molecule has 0 unspecified atom stereocenters. The summed E-state index contributed by atoms with van der Waals surface area (Å²) < 4.78 is 1.31. The van der Waals surface area contributed by atoms with E-state index in [1.165, 1.54) is 0 Å². The Morgan fingerprint density at radius 2 is 2.07 bits per heavy atom. The van der Waals surface area contributed by atoms with Crippen molar-refractivity contribution in [2.24, 2.45) is 0 Å². The number of nitro groups is 1. The van der Waals surface area contributed by atoms with Gasteiger partial charge in [-0.2, -0.15) is 0 Å². The van der Waals surface area contributed by atoms with Crippen LogP contribution in [0, 0.1) is 10.1 Å². The monoisotopic (exact) mass is 323 g/mol. The van der Waals surface area contributed by atoms with E-state index in [0.29, 0.717) is 10.0 Å². The highest BCUT2D eigenvalue weighted by Gasteiger charge is 2.09. The minimum absolute atomic E-state index is 0.0649. The zero-order valence-corrected chi connectivity index (χ0v) is 10.2. The first kappa shape index (κ1) is 11.5. The van der Waals surface area contributed by atoms with Gasteiger partial charge in [0, 0.05) is 21.4 Å². The van der Waals surface area contributed by atoms with Crippen molar-refractivity contribution in [3.05, 3.63) is 36.8 Å². The van der Waals surface area contributed by atoms with Crippen LogP contribution in [0.2, 0.25) is 0 Å². The van der Waals surface area contributed by atoms with Gasteiger partial charge in [-0.3, -0.25) is 10.1 Å². The molecule has 14 heavy (non-hydrogen) atoms. The topological polar surface area (TPSA) is 63.4 Å². The lowest BCUT2D eigenvalue weighted by Crippen LogP contribution is -2.04. The van der Waals surface area contributed by atoms with Crippen LogP contribution in [0.25, 0.3) is 0 Å². The lowest BCUT2D eigenvalue weighted by atomic mass is 10.1. The molecule has 0 saturated heterocycles. The third kappa shape index (κ3) is 2.95. The average Bonchev–Trinajstić information content (AvgIpc) is 2.08. The van der Waals surface area contributed by atoms with E-state index in [4.69, 9.17) is 0 Å². The zero-order valence-electron chi connectivity index (χ0n) is 7.04. The summed E-state index contributed by atoms with van der Waals surface area (Å²) in [5.74, 6) is 0.0649. The molecule has 0 fully saturated rings. The molecule has 0 aliphatic carbocycles. The van der Waals surface area contributed by atoms with E-state index in [1.54, 1.807) is 12.1 Å². The normalized spacial score (nSPS) is 10.1. The number of phenols is 1. The van der Waals surface area contributed by atoms with Gasteiger partial charge in [0.2, 0.25) is 6.54 Å². The summed E-state index contributed by atoms with van der Waals surface area (Å²) in [5.41, 5.74) is 0.558. The lowest BCUT2D eigenvalue weighted by molar-refractivity contribution is -0.479. The predicted octanol–water partition coefficient (Wildman–Crippen LogP) is 2.74. The number of rotatable bonds is 3. The van der Waals surface area contributed by atoms with Crippen molar-refractivity contribution in [2.75, 3.05) is 6.54 Å². The minimum atomic E-state index is -0.408. The molecule has 0 atom stereocenters. The Balaban J connectivity index is 2.90. The maximum Gasteiger partial charge on any atom is 0.208 e. The van der Waals surface area contributed by atoms with E-state index >= 15 is 0 Å². The van der Waals surface area contributed by atoms with E-state index in [1.807, 2.05) is 0 Å². The molecule has 0 heterocycles. The highest BCUT2D eigenvalue weighted by Crippen LogP contribution is 2.31. The first-order valence-electron chi connectivity index (χ1n) is 3.79. The quantitative estimate of drug-likeness (QED) is 0.687. The lowest BCUT2D eigenvalue weighted by Gasteiger charge is -2.04. The molecule has 1 rings (SSSR count). The number of hydrogen-bond acceptors (Lipinski definition) is 3. The molecule has 0 aliphatic heterocycles. The van der Waals surface area contributed by atoms with Crippen LogP contribution in [0.15, 0.2) is 21.1 Å². The third-order valence-corrected chi connectivity index (χ3v) is 2.73. The Hall–Kier alpha value is -0.620. The molecule has 1 N–H and O–H groups in total. The van der Waals surface area contributed by atoms with Gasteiger partial charge in [-0.25, -0.2) is 0 Å². The standard InChI is InChI=1S/C8H7Br2NO3/c9-6-3-5(1-2-11(13)14)8(12)7(10)4-6/h3-4,12H,1-2H2. The molecule has 0 saturated carbocycles. The number of phenolic OH excluding ortho intramolecular Hbond substituents is 1. The van der Waals surface area contributed by atoms with Gasteiger partial charge >= 0.3 is 0 Å². The molecule has 0 amide bonds. The van der Waals surface area contributed by atoms with Crippen molar-refractivity contribution in [1.82, 2.24) is 0 Å². The first-order chi connectivity index (χ1) is 6.50. The third-order valence-electron chi connectivity index (χ3n) is 1.67. The Labute approximate surface area is 97.3 Å². The number of nitrogens with zero attached hydrogens (tertiary/aromatic N) is 1. The number of aromatic hydroxyl groups is 1. The molecule has 0 aliphatic rings. The van der Waals surface area contributed by atoms with Crippen LogP contribution < -0.4 is 0 Å². The van der Waals surface area contributed by atoms with Crippen molar-refractivity contribution < 1.29 is 10.0 Å².